The van der Waals surface area contributed by atoms with Crippen molar-refractivity contribution in [2.45, 2.75) is 19.4 Å². The standard InChI is InChI=1S/C29H39ClN6O4/c1-6-26(37)35-12-10-34(11-13-35)8-7-9-36-18-22(24-15-23(39-4)16-25(40-5)27(24)30)14-21-17-31-29(33-28(21)36)32-20(2)19-38-3/h6,14-17,20H,1,7-13,18-19H2,2-5H3,(H,31,32,33)/t20-/m0/s1. The number of nitrogens with one attached hydrogen (secondary N) is 1. The number of hydrogen-bond donors (Lipinski definition) is 1. The number of rotatable bonds is 12. The summed E-state index contributed by atoms with van der Waals surface area (Å²) in [6, 6.07) is 3.79. The van der Waals surface area contributed by atoms with E-state index in [4.69, 9.17) is 30.8 Å². The molecule has 1 saturated heterocycles. The van der Waals surface area contributed by atoms with Gasteiger partial charge in [-0.3, -0.25) is 9.69 Å². The van der Waals surface area contributed by atoms with Gasteiger partial charge in [-0.25, -0.2) is 4.98 Å². The topological polar surface area (TPSA) is 92.3 Å². The zero-order chi connectivity index (χ0) is 28.6. The second kappa shape index (κ2) is 13.8. The number of piperazine rings is 1. The number of carbonyl (C=O) groups excluding carboxylic acids is 1. The minimum Gasteiger partial charge on any atom is -0.497 e. The van der Waals surface area contributed by atoms with E-state index in [1.165, 1.54) is 6.08 Å². The molecule has 2 aromatic rings. The number of carbonyl (C=O) groups is 1. The van der Waals surface area contributed by atoms with Crippen molar-refractivity contribution < 1.29 is 19.0 Å². The van der Waals surface area contributed by atoms with E-state index in [1.807, 2.05) is 24.1 Å². The van der Waals surface area contributed by atoms with E-state index < -0.39 is 0 Å². The van der Waals surface area contributed by atoms with Crippen LogP contribution in [0, 0.1) is 0 Å². The molecule has 2 aliphatic rings. The maximum Gasteiger partial charge on any atom is 0.246 e. The molecule has 1 aromatic carbocycles. The van der Waals surface area contributed by atoms with Gasteiger partial charge in [-0.05, 0) is 43.7 Å². The highest BCUT2D eigenvalue weighted by Crippen LogP contribution is 2.40. The van der Waals surface area contributed by atoms with Crippen LogP contribution < -0.4 is 19.7 Å². The summed E-state index contributed by atoms with van der Waals surface area (Å²) in [6.45, 7) is 11.7. The third-order valence-electron chi connectivity index (χ3n) is 7.15. The summed E-state index contributed by atoms with van der Waals surface area (Å²) in [5.74, 6) is 2.67. The Hall–Kier alpha value is -3.34. The molecule has 216 valence electrons. The number of hydrogen-bond acceptors (Lipinski definition) is 9. The summed E-state index contributed by atoms with van der Waals surface area (Å²) >= 11 is 6.77. The lowest BCUT2D eigenvalue weighted by Crippen LogP contribution is -2.48. The highest BCUT2D eigenvalue weighted by atomic mass is 35.5. The quantitative estimate of drug-likeness (QED) is 0.384. The van der Waals surface area contributed by atoms with E-state index in [0.29, 0.717) is 35.6 Å². The molecule has 10 nitrogen and oxygen atoms in total. The van der Waals surface area contributed by atoms with Gasteiger partial charge in [0.2, 0.25) is 11.9 Å². The van der Waals surface area contributed by atoms with E-state index in [9.17, 15) is 4.79 Å². The minimum atomic E-state index is 0.000592. The van der Waals surface area contributed by atoms with Crippen molar-refractivity contribution in [3.05, 3.63) is 47.1 Å². The van der Waals surface area contributed by atoms with Gasteiger partial charge in [0.1, 0.15) is 17.3 Å². The van der Waals surface area contributed by atoms with Gasteiger partial charge in [0.25, 0.3) is 0 Å². The van der Waals surface area contributed by atoms with Crippen molar-refractivity contribution in [2.75, 3.05) is 84.0 Å². The Kier molecular flexibility index (Phi) is 10.2. The number of methoxy groups -OCH3 is 3. The fourth-order valence-electron chi connectivity index (χ4n) is 5.06. The molecule has 0 bridgehead atoms. The first kappa shape index (κ1) is 29.6. The number of amides is 1. The molecular weight excluding hydrogens is 532 g/mol. The molecule has 0 radical (unpaired) electrons. The lowest BCUT2D eigenvalue weighted by molar-refractivity contribution is -0.127. The van der Waals surface area contributed by atoms with E-state index in [2.05, 4.69) is 32.8 Å². The van der Waals surface area contributed by atoms with Crippen LogP contribution in [0.15, 0.2) is 31.0 Å². The smallest absolute Gasteiger partial charge is 0.246 e. The van der Waals surface area contributed by atoms with Crippen LogP contribution in [0.4, 0.5) is 11.8 Å². The number of ether oxygens (including phenoxy) is 3. The van der Waals surface area contributed by atoms with E-state index in [-0.39, 0.29) is 11.9 Å². The van der Waals surface area contributed by atoms with Crippen LogP contribution in [0.5, 0.6) is 11.5 Å². The van der Waals surface area contributed by atoms with E-state index in [0.717, 1.165) is 68.2 Å². The van der Waals surface area contributed by atoms with Crippen LogP contribution in [-0.2, 0) is 9.53 Å². The molecule has 1 aromatic heterocycles. The summed E-state index contributed by atoms with van der Waals surface area (Å²) in [6.07, 6.45) is 6.26. The highest BCUT2D eigenvalue weighted by Gasteiger charge is 2.25. The van der Waals surface area contributed by atoms with Crippen molar-refractivity contribution in [1.29, 1.82) is 0 Å². The molecule has 1 atom stereocenters. The molecule has 2 aliphatic heterocycles. The number of halogens is 1. The third kappa shape index (κ3) is 7.04. The van der Waals surface area contributed by atoms with Crippen LogP contribution >= 0.6 is 11.6 Å². The average molecular weight is 571 g/mol. The largest absolute Gasteiger partial charge is 0.497 e. The number of fused-ring (bicyclic) bond motifs is 1. The van der Waals surface area contributed by atoms with Gasteiger partial charge < -0.3 is 29.3 Å². The van der Waals surface area contributed by atoms with Crippen LogP contribution in [-0.4, -0.2) is 105 Å². The average Bonchev–Trinajstić information content (AvgIpc) is 2.97. The maximum absolute atomic E-state index is 11.9. The van der Waals surface area contributed by atoms with Gasteiger partial charge in [0.15, 0.2) is 0 Å². The Bertz CT molecular complexity index is 1230. The summed E-state index contributed by atoms with van der Waals surface area (Å²) in [5, 5.41) is 3.86. The van der Waals surface area contributed by atoms with E-state index >= 15 is 0 Å². The van der Waals surface area contributed by atoms with Gasteiger partial charge in [-0.1, -0.05) is 18.2 Å². The minimum absolute atomic E-state index is 0.000592. The Balaban J connectivity index is 1.55. The van der Waals surface area contributed by atoms with Crippen molar-refractivity contribution in [3.63, 3.8) is 0 Å². The van der Waals surface area contributed by atoms with Gasteiger partial charge >= 0.3 is 0 Å². The summed E-state index contributed by atoms with van der Waals surface area (Å²) < 4.78 is 16.3. The number of nitrogens with zero attached hydrogens (tertiary/aromatic N) is 5. The number of anilines is 2. The fraction of sp³-hybridized carbons (Fsp3) is 0.483. The number of aromatic nitrogens is 2. The molecule has 1 fully saturated rings. The van der Waals surface area contributed by atoms with E-state index in [1.54, 1.807) is 27.4 Å². The van der Waals surface area contributed by atoms with Gasteiger partial charge in [-0.2, -0.15) is 4.98 Å². The third-order valence-corrected chi connectivity index (χ3v) is 7.54. The molecule has 3 heterocycles. The second-order valence-electron chi connectivity index (χ2n) is 9.98. The zero-order valence-corrected chi connectivity index (χ0v) is 24.5. The fourth-order valence-corrected chi connectivity index (χ4v) is 5.37. The lowest BCUT2D eigenvalue weighted by Gasteiger charge is -2.35. The molecule has 0 unspecified atom stereocenters. The molecule has 1 N–H and O–H groups in total. The van der Waals surface area contributed by atoms with Crippen molar-refractivity contribution in [3.8, 4) is 11.5 Å². The number of benzene rings is 1. The normalized spacial score (nSPS) is 16.2. The first-order chi connectivity index (χ1) is 19.4. The molecule has 0 saturated carbocycles. The zero-order valence-electron chi connectivity index (χ0n) is 23.8. The predicted molar refractivity (Wildman–Crippen MR) is 159 cm³/mol. The summed E-state index contributed by atoms with van der Waals surface area (Å²) in [5.41, 5.74) is 2.80. The lowest BCUT2D eigenvalue weighted by atomic mass is 9.98. The monoisotopic (exact) mass is 570 g/mol. The van der Waals surface area contributed by atoms with Gasteiger partial charge in [-0.15, -0.1) is 0 Å². The predicted octanol–water partition coefficient (Wildman–Crippen LogP) is 3.67. The van der Waals surface area contributed by atoms with Crippen molar-refractivity contribution in [2.24, 2.45) is 0 Å². The van der Waals surface area contributed by atoms with Crippen LogP contribution in [0.3, 0.4) is 0 Å². The molecule has 4 rings (SSSR count). The first-order valence-electron chi connectivity index (χ1n) is 13.5. The van der Waals surface area contributed by atoms with Crippen molar-refractivity contribution >= 4 is 40.9 Å². The Morgan fingerprint density at radius 2 is 1.95 bits per heavy atom. The van der Waals surface area contributed by atoms with Gasteiger partial charge in [0.05, 0.1) is 25.8 Å². The molecule has 1 amide bonds. The molecular formula is C29H39ClN6O4. The summed E-state index contributed by atoms with van der Waals surface area (Å²) in [7, 11) is 4.90. The summed E-state index contributed by atoms with van der Waals surface area (Å²) in [4.78, 5) is 27.9. The Labute approximate surface area is 241 Å². The van der Waals surface area contributed by atoms with Gasteiger partial charge in [0, 0.05) is 75.8 Å². The Morgan fingerprint density at radius 3 is 2.62 bits per heavy atom. The van der Waals surface area contributed by atoms with Crippen LogP contribution in [0.1, 0.15) is 24.5 Å². The maximum atomic E-state index is 11.9. The van der Waals surface area contributed by atoms with Crippen LogP contribution in [0.25, 0.3) is 11.6 Å². The molecule has 0 spiro atoms. The first-order valence-corrected chi connectivity index (χ1v) is 13.9. The SMILES string of the molecule is C=CC(=O)N1CCN(CCCN2CC(c3cc(OC)cc(OC)c3Cl)=Cc3cnc(N[C@@H](C)COC)nc32)CC1. The molecule has 0 aliphatic carbocycles. The van der Waals surface area contributed by atoms with Crippen LogP contribution in [0.2, 0.25) is 5.02 Å². The Morgan fingerprint density at radius 1 is 1.18 bits per heavy atom. The molecule has 40 heavy (non-hydrogen) atoms. The highest BCUT2D eigenvalue weighted by molar-refractivity contribution is 6.34. The second-order valence-corrected chi connectivity index (χ2v) is 10.4. The van der Waals surface area contributed by atoms with Crippen molar-refractivity contribution in [1.82, 2.24) is 19.8 Å². The molecule has 11 heteroatoms.